The van der Waals surface area contributed by atoms with Crippen molar-refractivity contribution in [1.29, 1.82) is 0 Å². The van der Waals surface area contributed by atoms with Gasteiger partial charge in [-0.1, -0.05) is 0 Å². The summed E-state index contributed by atoms with van der Waals surface area (Å²) in [6, 6.07) is 0. The molecule has 0 atom stereocenters. The van der Waals surface area contributed by atoms with Crippen LogP contribution in [0.4, 0.5) is 0 Å². The van der Waals surface area contributed by atoms with E-state index in [1.165, 1.54) is 6.20 Å². The van der Waals surface area contributed by atoms with E-state index in [9.17, 15) is 8.42 Å². The van der Waals surface area contributed by atoms with Crippen molar-refractivity contribution in [3.63, 3.8) is 0 Å². The quantitative estimate of drug-likeness (QED) is 0.698. The van der Waals surface area contributed by atoms with Crippen LogP contribution >= 0.6 is 0 Å². The van der Waals surface area contributed by atoms with Crippen LogP contribution in [0.25, 0.3) is 0 Å². The van der Waals surface area contributed by atoms with Crippen LogP contribution in [0, 0.1) is 13.8 Å². The molecule has 2 aromatic rings. The van der Waals surface area contributed by atoms with Gasteiger partial charge in [0.05, 0.1) is 35.5 Å². The summed E-state index contributed by atoms with van der Waals surface area (Å²) in [5.41, 5.74) is 7.56. The third-order valence-electron chi connectivity index (χ3n) is 2.70. The van der Waals surface area contributed by atoms with Gasteiger partial charge in [0.15, 0.2) is 0 Å². The van der Waals surface area contributed by atoms with E-state index in [0.29, 0.717) is 17.1 Å². The summed E-state index contributed by atoms with van der Waals surface area (Å²) in [4.78, 5) is 8.25. The predicted molar refractivity (Wildman–Crippen MR) is 72.0 cm³/mol. The van der Waals surface area contributed by atoms with Crippen LogP contribution in [-0.4, -0.2) is 28.6 Å². The number of rotatable bonds is 5. The van der Waals surface area contributed by atoms with Gasteiger partial charge in [-0.2, -0.15) is 5.10 Å². The molecule has 2 heterocycles. The lowest BCUT2D eigenvalue weighted by atomic mass is 10.4. The standard InChI is InChI=1S/C11H16N6O2S/c1-7-4-14-9(5-13-7)6-15-20(18,19)11-8(2)16-17-10(11)3-12/h4-5,15H,3,6,12H2,1-2H3,(H,16,17). The Morgan fingerprint density at radius 1 is 1.30 bits per heavy atom. The lowest BCUT2D eigenvalue weighted by Gasteiger charge is -2.07. The third kappa shape index (κ3) is 3.00. The van der Waals surface area contributed by atoms with Crippen LogP contribution in [0.15, 0.2) is 17.3 Å². The fourth-order valence-electron chi connectivity index (χ4n) is 1.72. The maximum atomic E-state index is 12.3. The largest absolute Gasteiger partial charge is 0.325 e. The molecule has 2 aromatic heterocycles. The molecule has 0 aliphatic heterocycles. The Morgan fingerprint density at radius 3 is 2.65 bits per heavy atom. The van der Waals surface area contributed by atoms with Crippen LogP contribution in [0.3, 0.4) is 0 Å². The van der Waals surface area contributed by atoms with E-state index < -0.39 is 10.0 Å². The van der Waals surface area contributed by atoms with E-state index in [-0.39, 0.29) is 18.0 Å². The van der Waals surface area contributed by atoms with E-state index in [4.69, 9.17) is 5.73 Å². The topological polar surface area (TPSA) is 127 Å². The molecule has 0 unspecified atom stereocenters. The number of aromatic amines is 1. The molecule has 0 spiro atoms. The number of nitrogens with one attached hydrogen (secondary N) is 2. The second-order valence-corrected chi connectivity index (χ2v) is 6.01. The molecule has 0 radical (unpaired) electrons. The number of hydrogen-bond donors (Lipinski definition) is 3. The Labute approximate surface area is 116 Å². The first-order valence-electron chi connectivity index (χ1n) is 5.95. The molecule has 0 saturated carbocycles. The number of H-pyrrole nitrogens is 1. The van der Waals surface area contributed by atoms with Gasteiger partial charge in [0.1, 0.15) is 4.90 Å². The molecule has 108 valence electrons. The minimum Gasteiger partial charge on any atom is -0.325 e. The number of aryl methyl sites for hydroxylation is 2. The van der Waals surface area contributed by atoms with Gasteiger partial charge >= 0.3 is 0 Å². The van der Waals surface area contributed by atoms with Gasteiger partial charge in [0, 0.05) is 12.7 Å². The maximum Gasteiger partial charge on any atom is 0.244 e. The highest BCUT2D eigenvalue weighted by atomic mass is 32.2. The summed E-state index contributed by atoms with van der Waals surface area (Å²) in [6.07, 6.45) is 3.11. The number of sulfonamides is 1. The average Bonchev–Trinajstić information content (AvgIpc) is 2.80. The Balaban J connectivity index is 2.19. The summed E-state index contributed by atoms with van der Waals surface area (Å²) in [5, 5.41) is 6.49. The Bertz CT molecular complexity index is 692. The smallest absolute Gasteiger partial charge is 0.244 e. The highest BCUT2D eigenvalue weighted by Crippen LogP contribution is 2.17. The molecule has 0 aromatic carbocycles. The molecule has 0 aliphatic rings. The molecule has 0 saturated heterocycles. The van der Waals surface area contributed by atoms with Crippen molar-refractivity contribution < 1.29 is 8.42 Å². The third-order valence-corrected chi connectivity index (χ3v) is 4.30. The summed E-state index contributed by atoms with van der Waals surface area (Å²) in [6.45, 7) is 3.55. The SMILES string of the molecule is Cc1cnc(CNS(=O)(=O)c2c(CN)n[nH]c2C)cn1. The molecule has 9 heteroatoms. The molecule has 0 amide bonds. The molecule has 0 aliphatic carbocycles. The van der Waals surface area contributed by atoms with Gasteiger partial charge in [-0.3, -0.25) is 15.1 Å². The first-order chi connectivity index (χ1) is 9.44. The maximum absolute atomic E-state index is 12.3. The first-order valence-corrected chi connectivity index (χ1v) is 7.43. The summed E-state index contributed by atoms with van der Waals surface area (Å²) < 4.78 is 27.0. The summed E-state index contributed by atoms with van der Waals surface area (Å²) in [5.74, 6) is 0. The highest BCUT2D eigenvalue weighted by Gasteiger charge is 2.23. The van der Waals surface area contributed by atoms with Crippen LogP contribution in [0.1, 0.15) is 22.8 Å². The van der Waals surface area contributed by atoms with E-state index >= 15 is 0 Å². The van der Waals surface area contributed by atoms with Gasteiger partial charge in [-0.05, 0) is 13.8 Å². The summed E-state index contributed by atoms with van der Waals surface area (Å²) in [7, 11) is -3.69. The second-order valence-electron chi connectivity index (χ2n) is 4.30. The fraction of sp³-hybridized carbons (Fsp3) is 0.364. The van der Waals surface area contributed by atoms with E-state index in [1.807, 2.05) is 6.92 Å². The van der Waals surface area contributed by atoms with Crippen LogP contribution < -0.4 is 10.5 Å². The van der Waals surface area contributed by atoms with E-state index in [2.05, 4.69) is 24.9 Å². The Morgan fingerprint density at radius 2 is 2.05 bits per heavy atom. The highest BCUT2D eigenvalue weighted by molar-refractivity contribution is 7.89. The van der Waals surface area contributed by atoms with Gasteiger partial charge in [-0.15, -0.1) is 0 Å². The molecule has 4 N–H and O–H groups in total. The Kier molecular flexibility index (Phi) is 4.12. The number of nitrogens with two attached hydrogens (primary N) is 1. The van der Waals surface area contributed by atoms with Crippen molar-refractivity contribution in [3.05, 3.63) is 35.2 Å². The summed E-state index contributed by atoms with van der Waals surface area (Å²) >= 11 is 0. The van der Waals surface area contributed by atoms with Crippen LogP contribution in [0.2, 0.25) is 0 Å². The van der Waals surface area contributed by atoms with Crippen molar-refractivity contribution in [2.45, 2.75) is 31.8 Å². The van der Waals surface area contributed by atoms with Crippen LogP contribution in [0.5, 0.6) is 0 Å². The lowest BCUT2D eigenvalue weighted by Crippen LogP contribution is -2.25. The van der Waals surface area contributed by atoms with E-state index in [1.54, 1.807) is 13.1 Å². The minimum atomic E-state index is -3.69. The van der Waals surface area contributed by atoms with Crippen molar-refractivity contribution in [2.24, 2.45) is 5.73 Å². The number of hydrogen-bond acceptors (Lipinski definition) is 6. The predicted octanol–water partition coefficient (Wildman–Crippen LogP) is -0.246. The lowest BCUT2D eigenvalue weighted by molar-refractivity contribution is 0.578. The van der Waals surface area contributed by atoms with Crippen LogP contribution in [-0.2, 0) is 23.1 Å². The molecule has 0 bridgehead atoms. The number of nitrogens with zero attached hydrogens (tertiary/aromatic N) is 3. The molecule has 20 heavy (non-hydrogen) atoms. The second kappa shape index (κ2) is 5.65. The van der Waals surface area contributed by atoms with Crippen molar-refractivity contribution in [2.75, 3.05) is 0 Å². The molecule has 0 fully saturated rings. The van der Waals surface area contributed by atoms with Gasteiger partial charge in [0.25, 0.3) is 0 Å². The van der Waals surface area contributed by atoms with E-state index in [0.717, 1.165) is 5.69 Å². The average molecular weight is 296 g/mol. The van der Waals surface area contributed by atoms with Crippen molar-refractivity contribution >= 4 is 10.0 Å². The normalized spacial score (nSPS) is 11.8. The first kappa shape index (κ1) is 14.6. The van der Waals surface area contributed by atoms with Crippen molar-refractivity contribution in [1.82, 2.24) is 24.9 Å². The Hall–Kier alpha value is -1.84. The zero-order chi connectivity index (χ0) is 14.8. The molecular formula is C11H16N6O2S. The number of aromatic nitrogens is 4. The zero-order valence-corrected chi connectivity index (χ0v) is 12.0. The molecular weight excluding hydrogens is 280 g/mol. The van der Waals surface area contributed by atoms with Crippen molar-refractivity contribution in [3.8, 4) is 0 Å². The minimum absolute atomic E-state index is 0.0465. The van der Waals surface area contributed by atoms with Gasteiger partial charge in [-0.25, -0.2) is 13.1 Å². The molecule has 2 rings (SSSR count). The van der Waals surface area contributed by atoms with Gasteiger partial charge < -0.3 is 5.73 Å². The monoisotopic (exact) mass is 296 g/mol. The van der Waals surface area contributed by atoms with Gasteiger partial charge in [0.2, 0.25) is 10.0 Å². The zero-order valence-electron chi connectivity index (χ0n) is 11.2. The fourth-order valence-corrected chi connectivity index (χ4v) is 3.09. The molecule has 8 nitrogen and oxygen atoms in total.